The lowest BCUT2D eigenvalue weighted by Gasteiger charge is -2.29. The number of piperidine rings is 1. The third kappa shape index (κ3) is 2.61. The molecule has 0 unspecified atom stereocenters. The quantitative estimate of drug-likeness (QED) is 0.759. The van der Waals surface area contributed by atoms with Crippen LogP contribution in [-0.2, 0) is 0 Å². The first-order chi connectivity index (χ1) is 9.24. The number of rotatable bonds is 1. The molecule has 0 bridgehead atoms. The van der Waals surface area contributed by atoms with Gasteiger partial charge in [-0.2, -0.15) is 0 Å². The summed E-state index contributed by atoms with van der Waals surface area (Å²) in [5, 5.41) is 0. The number of halogens is 1. The molecular formula is C14H14BrN3O. The van der Waals surface area contributed by atoms with Crippen LogP contribution < -0.4 is 0 Å². The molecule has 1 amide bonds. The van der Waals surface area contributed by atoms with Gasteiger partial charge in [0.15, 0.2) is 0 Å². The van der Waals surface area contributed by atoms with E-state index in [1.807, 2.05) is 23.1 Å². The van der Waals surface area contributed by atoms with E-state index in [0.29, 0.717) is 10.4 Å². The van der Waals surface area contributed by atoms with Crippen molar-refractivity contribution in [1.82, 2.24) is 14.9 Å². The number of nitrogens with zero attached hydrogens (tertiary/aromatic N) is 3. The molecule has 19 heavy (non-hydrogen) atoms. The molecule has 4 nitrogen and oxygen atoms in total. The predicted molar refractivity (Wildman–Crippen MR) is 77.4 cm³/mol. The van der Waals surface area contributed by atoms with Gasteiger partial charge in [0.1, 0.15) is 0 Å². The van der Waals surface area contributed by atoms with Gasteiger partial charge in [-0.15, -0.1) is 0 Å². The Labute approximate surface area is 120 Å². The minimum absolute atomic E-state index is 0.0898. The fourth-order valence-corrected chi connectivity index (χ4v) is 2.74. The van der Waals surface area contributed by atoms with Gasteiger partial charge in [0.25, 0.3) is 5.91 Å². The van der Waals surface area contributed by atoms with Crippen molar-refractivity contribution < 1.29 is 4.79 Å². The summed E-state index contributed by atoms with van der Waals surface area (Å²) < 4.78 is 0. The van der Waals surface area contributed by atoms with Crippen molar-refractivity contribution in [2.24, 2.45) is 0 Å². The molecule has 1 fully saturated rings. The monoisotopic (exact) mass is 319 g/mol. The van der Waals surface area contributed by atoms with Crippen LogP contribution in [0.15, 0.2) is 30.6 Å². The summed E-state index contributed by atoms with van der Waals surface area (Å²) in [5.41, 5.74) is 2.28. The van der Waals surface area contributed by atoms with Crippen LogP contribution in [-0.4, -0.2) is 38.7 Å². The van der Waals surface area contributed by atoms with Crippen LogP contribution in [0, 0.1) is 0 Å². The van der Waals surface area contributed by atoms with Crippen LogP contribution in [0.1, 0.15) is 23.2 Å². The summed E-state index contributed by atoms with van der Waals surface area (Å²) in [6, 6.07) is 5.51. The second kappa shape index (κ2) is 5.25. The standard InChI is InChI=1S/C14H14BrN3O/c15-11-3-7-18(8-4-11)14(19)10-1-2-12-13(9-10)17-6-5-16-12/h1-2,5-6,9,11H,3-4,7-8H2. The highest BCUT2D eigenvalue weighted by Crippen LogP contribution is 2.20. The Morgan fingerprint density at radius 3 is 2.58 bits per heavy atom. The SMILES string of the molecule is O=C(c1ccc2nccnc2c1)N1CCC(Br)CC1. The third-order valence-corrected chi connectivity index (χ3v) is 4.34. The molecule has 1 aliphatic rings. The van der Waals surface area contributed by atoms with Crippen LogP contribution >= 0.6 is 15.9 Å². The van der Waals surface area contributed by atoms with E-state index in [1.54, 1.807) is 12.4 Å². The van der Waals surface area contributed by atoms with Crippen molar-refractivity contribution in [2.45, 2.75) is 17.7 Å². The Morgan fingerprint density at radius 1 is 1.16 bits per heavy atom. The van der Waals surface area contributed by atoms with Crippen molar-refractivity contribution in [1.29, 1.82) is 0 Å². The number of hydrogen-bond donors (Lipinski definition) is 0. The zero-order valence-electron chi connectivity index (χ0n) is 10.4. The lowest BCUT2D eigenvalue weighted by atomic mass is 10.1. The number of amides is 1. The van der Waals surface area contributed by atoms with Crippen molar-refractivity contribution in [3.05, 3.63) is 36.2 Å². The van der Waals surface area contributed by atoms with E-state index in [4.69, 9.17) is 0 Å². The smallest absolute Gasteiger partial charge is 0.253 e. The van der Waals surface area contributed by atoms with Crippen LogP contribution in [0.25, 0.3) is 11.0 Å². The van der Waals surface area contributed by atoms with E-state index in [-0.39, 0.29) is 5.91 Å². The molecule has 5 heteroatoms. The van der Waals surface area contributed by atoms with E-state index < -0.39 is 0 Å². The molecule has 1 aromatic heterocycles. The summed E-state index contributed by atoms with van der Waals surface area (Å²) in [5.74, 6) is 0.0898. The van der Waals surface area contributed by atoms with E-state index in [1.165, 1.54) is 0 Å². The number of carbonyl (C=O) groups is 1. The average molecular weight is 320 g/mol. The maximum atomic E-state index is 12.4. The molecule has 3 rings (SSSR count). The molecule has 0 saturated carbocycles. The molecule has 0 aliphatic carbocycles. The molecule has 2 heterocycles. The highest BCUT2D eigenvalue weighted by molar-refractivity contribution is 9.09. The molecule has 2 aromatic rings. The molecule has 1 aliphatic heterocycles. The topological polar surface area (TPSA) is 46.1 Å². The Morgan fingerprint density at radius 2 is 1.84 bits per heavy atom. The van der Waals surface area contributed by atoms with Gasteiger partial charge < -0.3 is 4.90 Å². The van der Waals surface area contributed by atoms with Crippen molar-refractivity contribution >= 4 is 32.9 Å². The minimum Gasteiger partial charge on any atom is -0.339 e. The normalized spacial score (nSPS) is 16.8. The van der Waals surface area contributed by atoms with E-state index in [9.17, 15) is 4.79 Å². The van der Waals surface area contributed by atoms with Crippen LogP contribution in [0.2, 0.25) is 0 Å². The summed E-state index contributed by atoms with van der Waals surface area (Å²) in [6.45, 7) is 1.63. The van der Waals surface area contributed by atoms with Gasteiger partial charge in [-0.1, -0.05) is 15.9 Å². The second-order valence-corrected chi connectivity index (χ2v) is 6.02. The van der Waals surface area contributed by atoms with Gasteiger partial charge in [0, 0.05) is 35.9 Å². The number of aromatic nitrogens is 2. The van der Waals surface area contributed by atoms with Gasteiger partial charge in [0.05, 0.1) is 11.0 Å². The zero-order valence-corrected chi connectivity index (χ0v) is 12.0. The molecule has 0 spiro atoms. The number of alkyl halides is 1. The largest absolute Gasteiger partial charge is 0.339 e. The fourth-order valence-electron chi connectivity index (χ4n) is 2.33. The van der Waals surface area contributed by atoms with Gasteiger partial charge in [-0.25, -0.2) is 0 Å². The van der Waals surface area contributed by atoms with Gasteiger partial charge >= 0.3 is 0 Å². The Kier molecular flexibility index (Phi) is 3.46. The highest BCUT2D eigenvalue weighted by atomic mass is 79.9. The highest BCUT2D eigenvalue weighted by Gasteiger charge is 2.22. The number of benzene rings is 1. The number of carbonyl (C=O) groups excluding carboxylic acids is 1. The van der Waals surface area contributed by atoms with Gasteiger partial charge in [0.2, 0.25) is 0 Å². The third-order valence-electron chi connectivity index (χ3n) is 3.43. The van der Waals surface area contributed by atoms with Crippen LogP contribution in [0.3, 0.4) is 0 Å². The van der Waals surface area contributed by atoms with Crippen molar-refractivity contribution in [3.8, 4) is 0 Å². The lowest BCUT2D eigenvalue weighted by Crippen LogP contribution is -2.38. The summed E-state index contributed by atoms with van der Waals surface area (Å²) in [4.78, 5) is 23.3. The fraction of sp³-hybridized carbons (Fsp3) is 0.357. The van der Waals surface area contributed by atoms with Gasteiger partial charge in [-0.3, -0.25) is 14.8 Å². The van der Waals surface area contributed by atoms with Crippen molar-refractivity contribution in [3.63, 3.8) is 0 Å². The first-order valence-corrected chi connectivity index (χ1v) is 7.30. The zero-order chi connectivity index (χ0) is 13.2. The summed E-state index contributed by atoms with van der Waals surface area (Å²) in [6.07, 6.45) is 5.33. The van der Waals surface area contributed by atoms with E-state index in [0.717, 1.165) is 37.0 Å². The van der Waals surface area contributed by atoms with E-state index in [2.05, 4.69) is 25.9 Å². The molecule has 0 radical (unpaired) electrons. The molecular weight excluding hydrogens is 306 g/mol. The molecule has 98 valence electrons. The molecule has 1 aromatic carbocycles. The number of hydrogen-bond acceptors (Lipinski definition) is 3. The Hall–Kier alpha value is -1.49. The first kappa shape index (κ1) is 12.5. The number of likely N-dealkylation sites (tertiary alicyclic amines) is 1. The summed E-state index contributed by atoms with van der Waals surface area (Å²) >= 11 is 3.60. The molecule has 0 N–H and O–H groups in total. The second-order valence-electron chi connectivity index (χ2n) is 4.73. The first-order valence-electron chi connectivity index (χ1n) is 6.38. The van der Waals surface area contributed by atoms with E-state index >= 15 is 0 Å². The average Bonchev–Trinajstić information content (AvgIpc) is 2.47. The minimum atomic E-state index is 0.0898. The van der Waals surface area contributed by atoms with Crippen molar-refractivity contribution in [2.75, 3.05) is 13.1 Å². The maximum absolute atomic E-state index is 12.4. The molecule has 1 saturated heterocycles. The Bertz CT molecular complexity index is 608. The lowest BCUT2D eigenvalue weighted by molar-refractivity contribution is 0.0728. The van der Waals surface area contributed by atoms with Gasteiger partial charge in [-0.05, 0) is 31.0 Å². The Balaban J connectivity index is 1.85. The summed E-state index contributed by atoms with van der Waals surface area (Å²) in [7, 11) is 0. The number of fused-ring (bicyclic) bond motifs is 1. The van der Waals surface area contributed by atoms with Crippen LogP contribution in [0.4, 0.5) is 0 Å². The maximum Gasteiger partial charge on any atom is 0.253 e. The van der Waals surface area contributed by atoms with Crippen LogP contribution in [0.5, 0.6) is 0 Å². The molecule has 0 atom stereocenters. The predicted octanol–water partition coefficient (Wildman–Crippen LogP) is 2.63.